The Bertz CT molecular complexity index is 367. The molecule has 0 bridgehead atoms. The van der Waals surface area contributed by atoms with Crippen LogP contribution >= 0.6 is 0 Å². The van der Waals surface area contributed by atoms with Crippen LogP contribution in [0.15, 0.2) is 22.8 Å². The van der Waals surface area contributed by atoms with Gasteiger partial charge in [0.15, 0.2) is 0 Å². The molecule has 0 spiro atoms. The summed E-state index contributed by atoms with van der Waals surface area (Å²) in [5.41, 5.74) is -0.264. The summed E-state index contributed by atoms with van der Waals surface area (Å²) in [5.74, 6) is 1.02. The number of rotatable bonds is 3. The molecular formula is C13H20N2O2. The number of nitrogens with zero attached hydrogens (tertiary/aromatic N) is 1. The first-order valence-electron chi connectivity index (χ1n) is 6.10. The number of furan rings is 1. The van der Waals surface area contributed by atoms with Crippen LogP contribution < -0.4 is 5.32 Å². The molecule has 0 aliphatic carbocycles. The molecule has 0 aromatic carbocycles. The van der Waals surface area contributed by atoms with E-state index < -0.39 is 0 Å². The van der Waals surface area contributed by atoms with Gasteiger partial charge in [-0.25, -0.2) is 0 Å². The molecule has 1 atom stereocenters. The van der Waals surface area contributed by atoms with Gasteiger partial charge in [-0.2, -0.15) is 0 Å². The van der Waals surface area contributed by atoms with Crippen molar-refractivity contribution in [2.45, 2.75) is 26.3 Å². The number of hydrogen-bond acceptors (Lipinski definition) is 3. The van der Waals surface area contributed by atoms with E-state index in [0.29, 0.717) is 6.54 Å². The highest BCUT2D eigenvalue weighted by atomic mass is 16.3. The Morgan fingerprint density at radius 3 is 3.06 bits per heavy atom. The highest BCUT2D eigenvalue weighted by Crippen LogP contribution is 2.28. The summed E-state index contributed by atoms with van der Waals surface area (Å²) in [6.07, 6.45) is 3.66. The van der Waals surface area contributed by atoms with Crippen molar-refractivity contribution in [2.75, 3.05) is 20.1 Å². The number of amides is 1. The standard InChI is InChI=1S/C13H20N2O2/c1-13(6-4-7-14-10-13)12(16)15(2)9-11-5-3-8-17-11/h3,5,8,14H,4,6-7,9-10H2,1-2H3. The molecule has 4 heteroatoms. The topological polar surface area (TPSA) is 45.5 Å². The minimum atomic E-state index is -0.264. The van der Waals surface area contributed by atoms with Crippen LogP contribution in [0, 0.1) is 5.41 Å². The quantitative estimate of drug-likeness (QED) is 0.867. The molecule has 1 aromatic heterocycles. The Labute approximate surface area is 102 Å². The molecule has 1 aliphatic heterocycles. The molecule has 4 nitrogen and oxygen atoms in total. The molecule has 2 rings (SSSR count). The fourth-order valence-electron chi connectivity index (χ4n) is 2.41. The normalized spacial score (nSPS) is 24.6. The Hall–Kier alpha value is -1.29. The lowest BCUT2D eigenvalue weighted by Crippen LogP contribution is -2.48. The fourth-order valence-corrected chi connectivity index (χ4v) is 2.41. The zero-order valence-corrected chi connectivity index (χ0v) is 10.5. The maximum atomic E-state index is 12.4. The molecule has 94 valence electrons. The van der Waals surface area contributed by atoms with Crippen molar-refractivity contribution >= 4 is 5.91 Å². The molecular weight excluding hydrogens is 216 g/mol. The van der Waals surface area contributed by atoms with E-state index in [0.717, 1.165) is 31.7 Å². The molecule has 17 heavy (non-hydrogen) atoms. The third-order valence-corrected chi connectivity index (χ3v) is 3.43. The van der Waals surface area contributed by atoms with Gasteiger partial charge in [0.1, 0.15) is 5.76 Å². The van der Waals surface area contributed by atoms with Gasteiger partial charge < -0.3 is 14.6 Å². The van der Waals surface area contributed by atoms with Gasteiger partial charge in [0.25, 0.3) is 0 Å². The van der Waals surface area contributed by atoms with Crippen LogP contribution in [0.25, 0.3) is 0 Å². The molecule has 1 aromatic rings. The predicted molar refractivity (Wildman–Crippen MR) is 65.4 cm³/mol. The van der Waals surface area contributed by atoms with Crippen LogP contribution in [0.1, 0.15) is 25.5 Å². The van der Waals surface area contributed by atoms with E-state index in [9.17, 15) is 4.79 Å². The number of carbonyl (C=O) groups is 1. The lowest BCUT2D eigenvalue weighted by atomic mass is 9.81. The smallest absolute Gasteiger partial charge is 0.229 e. The summed E-state index contributed by atoms with van der Waals surface area (Å²) in [5, 5.41) is 3.30. The van der Waals surface area contributed by atoms with Gasteiger partial charge in [0, 0.05) is 13.6 Å². The number of nitrogens with one attached hydrogen (secondary N) is 1. The minimum absolute atomic E-state index is 0.195. The number of piperidine rings is 1. The number of carbonyl (C=O) groups excluding carboxylic acids is 1. The van der Waals surface area contributed by atoms with E-state index in [2.05, 4.69) is 5.32 Å². The summed E-state index contributed by atoms with van der Waals surface area (Å²) in [4.78, 5) is 14.1. The third-order valence-electron chi connectivity index (χ3n) is 3.43. The summed E-state index contributed by atoms with van der Waals surface area (Å²) >= 11 is 0. The predicted octanol–water partition coefficient (Wildman–Crippen LogP) is 1.63. The molecule has 1 aliphatic rings. The second kappa shape index (κ2) is 4.92. The van der Waals surface area contributed by atoms with Crippen LogP contribution in [0.5, 0.6) is 0 Å². The van der Waals surface area contributed by atoms with Crippen molar-refractivity contribution in [3.8, 4) is 0 Å². The zero-order chi connectivity index (χ0) is 12.3. The van der Waals surface area contributed by atoms with E-state index in [1.807, 2.05) is 26.1 Å². The number of hydrogen-bond donors (Lipinski definition) is 1. The summed E-state index contributed by atoms with van der Waals surface area (Å²) in [6.45, 7) is 4.38. The van der Waals surface area contributed by atoms with E-state index in [-0.39, 0.29) is 11.3 Å². The maximum absolute atomic E-state index is 12.4. The molecule has 1 N–H and O–H groups in total. The second-order valence-corrected chi connectivity index (χ2v) is 5.08. The average molecular weight is 236 g/mol. The second-order valence-electron chi connectivity index (χ2n) is 5.08. The van der Waals surface area contributed by atoms with E-state index in [4.69, 9.17) is 4.42 Å². The van der Waals surface area contributed by atoms with Crippen LogP contribution in [-0.4, -0.2) is 30.9 Å². The van der Waals surface area contributed by atoms with Gasteiger partial charge in [-0.05, 0) is 38.4 Å². The van der Waals surface area contributed by atoms with Crippen molar-refractivity contribution in [1.82, 2.24) is 10.2 Å². The molecule has 2 heterocycles. The SMILES string of the molecule is CN(Cc1ccco1)C(=O)C1(C)CCCNC1. The van der Waals surface area contributed by atoms with E-state index in [1.54, 1.807) is 11.2 Å². The monoisotopic (exact) mass is 236 g/mol. The molecule has 0 saturated carbocycles. The Balaban J connectivity index is 1.98. The van der Waals surface area contributed by atoms with Gasteiger partial charge in [-0.3, -0.25) is 4.79 Å². The maximum Gasteiger partial charge on any atom is 0.229 e. The van der Waals surface area contributed by atoms with Gasteiger partial charge in [0.2, 0.25) is 5.91 Å². The Morgan fingerprint density at radius 2 is 2.47 bits per heavy atom. The van der Waals surface area contributed by atoms with Crippen LogP contribution in [-0.2, 0) is 11.3 Å². The van der Waals surface area contributed by atoms with Crippen molar-refractivity contribution in [3.05, 3.63) is 24.2 Å². The van der Waals surface area contributed by atoms with Gasteiger partial charge >= 0.3 is 0 Å². The largest absolute Gasteiger partial charge is 0.467 e. The van der Waals surface area contributed by atoms with Gasteiger partial charge in [-0.1, -0.05) is 0 Å². The first-order valence-corrected chi connectivity index (χ1v) is 6.10. The van der Waals surface area contributed by atoms with E-state index >= 15 is 0 Å². The van der Waals surface area contributed by atoms with Crippen molar-refractivity contribution in [1.29, 1.82) is 0 Å². The molecule has 1 amide bonds. The van der Waals surface area contributed by atoms with Crippen LogP contribution in [0.2, 0.25) is 0 Å². The first kappa shape index (κ1) is 12.2. The summed E-state index contributed by atoms with van der Waals surface area (Å²) < 4.78 is 5.27. The molecule has 1 saturated heterocycles. The first-order chi connectivity index (χ1) is 8.12. The lowest BCUT2D eigenvalue weighted by molar-refractivity contribution is -0.141. The van der Waals surface area contributed by atoms with Crippen LogP contribution in [0.3, 0.4) is 0 Å². The Kier molecular flexibility index (Phi) is 3.52. The lowest BCUT2D eigenvalue weighted by Gasteiger charge is -2.35. The van der Waals surface area contributed by atoms with Crippen molar-refractivity contribution in [3.63, 3.8) is 0 Å². The highest BCUT2D eigenvalue weighted by molar-refractivity contribution is 5.82. The Morgan fingerprint density at radius 1 is 1.65 bits per heavy atom. The molecule has 1 unspecified atom stereocenters. The molecule has 1 fully saturated rings. The third kappa shape index (κ3) is 2.69. The fraction of sp³-hybridized carbons (Fsp3) is 0.615. The van der Waals surface area contributed by atoms with Gasteiger partial charge in [-0.15, -0.1) is 0 Å². The summed E-state index contributed by atoms with van der Waals surface area (Å²) in [7, 11) is 1.84. The zero-order valence-electron chi connectivity index (χ0n) is 10.5. The minimum Gasteiger partial charge on any atom is -0.467 e. The van der Waals surface area contributed by atoms with Crippen molar-refractivity contribution < 1.29 is 9.21 Å². The molecule has 0 radical (unpaired) electrons. The van der Waals surface area contributed by atoms with E-state index in [1.165, 1.54) is 0 Å². The van der Waals surface area contributed by atoms with Crippen molar-refractivity contribution in [2.24, 2.45) is 5.41 Å². The van der Waals surface area contributed by atoms with Gasteiger partial charge in [0.05, 0.1) is 18.2 Å². The highest BCUT2D eigenvalue weighted by Gasteiger charge is 2.36. The summed E-state index contributed by atoms with van der Waals surface area (Å²) in [6, 6.07) is 3.74. The average Bonchev–Trinajstić information content (AvgIpc) is 2.81. The van der Waals surface area contributed by atoms with Crippen LogP contribution in [0.4, 0.5) is 0 Å².